The van der Waals surface area contributed by atoms with E-state index in [1.54, 1.807) is 18.2 Å². The van der Waals surface area contributed by atoms with Crippen LogP contribution in [0.25, 0.3) is 0 Å². The highest BCUT2D eigenvalue weighted by atomic mass is 35.5. The van der Waals surface area contributed by atoms with Gasteiger partial charge in [-0.25, -0.2) is 0 Å². The van der Waals surface area contributed by atoms with Crippen LogP contribution in [0, 0.1) is 0 Å². The smallest absolute Gasteiger partial charge is 0.303 e. The number of aliphatic carboxylic acids is 1. The van der Waals surface area contributed by atoms with Crippen LogP contribution in [0.15, 0.2) is 18.2 Å². The predicted molar refractivity (Wildman–Crippen MR) is 179 cm³/mol. The Hall–Kier alpha value is -1.29. The minimum Gasteiger partial charge on any atom is -0.492 e. The summed E-state index contributed by atoms with van der Waals surface area (Å²) in [6.45, 7) is 16.6. The van der Waals surface area contributed by atoms with Gasteiger partial charge in [0.25, 0.3) is 10.5 Å². The number of carbonyl (C=O) groups excluding carboxylic acids is 2. The van der Waals surface area contributed by atoms with Gasteiger partial charge in [0, 0.05) is 49.1 Å². The molecule has 2 amide bonds. The van der Waals surface area contributed by atoms with Crippen molar-refractivity contribution in [3.8, 4) is 5.75 Å². The standard InChI is InChI=1S/C10H10Cl2O3.2C10H21NOS/c11-7-3-4-9(8(12)6-7)15-5-1-2-10(13)14;2*1-4-7-11(8-5-2)10(12)13-9-6-3/h3-4,6H,1-2,5H2,(H,13,14);2*4-9H2,1-3H3. The molecule has 0 aromatic heterocycles. The Balaban J connectivity index is 0. The van der Waals surface area contributed by atoms with E-state index in [9.17, 15) is 14.4 Å². The summed E-state index contributed by atoms with van der Waals surface area (Å²) in [4.78, 5) is 37.3. The monoisotopic (exact) mass is 654 g/mol. The maximum atomic E-state index is 11.6. The molecule has 0 heterocycles. The van der Waals surface area contributed by atoms with Crippen LogP contribution in [0.1, 0.15) is 92.9 Å². The average molecular weight is 656 g/mol. The van der Waals surface area contributed by atoms with Crippen LogP contribution in [0.2, 0.25) is 10.0 Å². The van der Waals surface area contributed by atoms with Gasteiger partial charge in [-0.05, 0) is 63.1 Å². The molecule has 0 radical (unpaired) electrons. The third-order valence-electron chi connectivity index (χ3n) is 5.04. The molecule has 0 spiro atoms. The number of carboxylic acid groups (broad SMARTS) is 1. The van der Waals surface area contributed by atoms with Gasteiger partial charge in [-0.15, -0.1) is 0 Å². The molecule has 0 unspecified atom stereocenters. The minimum atomic E-state index is -0.833. The van der Waals surface area contributed by atoms with Crippen molar-refractivity contribution in [3.63, 3.8) is 0 Å². The van der Waals surface area contributed by atoms with Gasteiger partial charge < -0.3 is 19.6 Å². The zero-order valence-electron chi connectivity index (χ0n) is 25.9. The average Bonchev–Trinajstić information content (AvgIpc) is 2.94. The van der Waals surface area contributed by atoms with Gasteiger partial charge >= 0.3 is 5.97 Å². The number of benzene rings is 1. The largest absolute Gasteiger partial charge is 0.492 e. The lowest BCUT2D eigenvalue weighted by Crippen LogP contribution is -2.29. The Morgan fingerprint density at radius 2 is 1.20 bits per heavy atom. The number of thioether (sulfide) groups is 2. The van der Waals surface area contributed by atoms with Crippen molar-refractivity contribution < 1.29 is 24.2 Å². The first-order chi connectivity index (χ1) is 19.6. The molecule has 0 fully saturated rings. The molecule has 1 rings (SSSR count). The maximum absolute atomic E-state index is 11.6. The fourth-order valence-corrected chi connectivity index (χ4v) is 5.18. The molecular weight excluding hydrogens is 603 g/mol. The molecule has 238 valence electrons. The fraction of sp³-hybridized carbons (Fsp3) is 0.700. The van der Waals surface area contributed by atoms with Crippen LogP contribution >= 0.6 is 46.7 Å². The van der Waals surface area contributed by atoms with Gasteiger partial charge in [0.2, 0.25) is 0 Å². The van der Waals surface area contributed by atoms with Crippen molar-refractivity contribution >= 4 is 63.2 Å². The zero-order chi connectivity index (χ0) is 31.5. The molecule has 1 aromatic rings. The van der Waals surface area contributed by atoms with Crippen molar-refractivity contribution in [3.05, 3.63) is 28.2 Å². The summed E-state index contributed by atoms with van der Waals surface area (Å²) in [5, 5.41) is 9.88. The molecule has 7 nitrogen and oxygen atoms in total. The first-order valence-corrected chi connectivity index (χ1v) is 17.5. The summed E-state index contributed by atoms with van der Waals surface area (Å²) in [6.07, 6.45) is 6.90. The summed E-state index contributed by atoms with van der Waals surface area (Å²) in [7, 11) is 0. The first-order valence-electron chi connectivity index (χ1n) is 14.7. The van der Waals surface area contributed by atoms with Crippen LogP contribution in [0.4, 0.5) is 9.59 Å². The molecule has 11 heteroatoms. The van der Waals surface area contributed by atoms with Gasteiger partial charge in [-0.2, -0.15) is 0 Å². The molecule has 0 aliphatic rings. The van der Waals surface area contributed by atoms with Gasteiger partial charge in [0.15, 0.2) is 0 Å². The Labute approximate surface area is 267 Å². The normalized spacial score (nSPS) is 10.0. The number of carboxylic acids is 1. The molecule has 0 atom stereocenters. The number of rotatable bonds is 17. The lowest BCUT2D eigenvalue weighted by atomic mass is 10.3. The zero-order valence-corrected chi connectivity index (χ0v) is 29.0. The summed E-state index contributed by atoms with van der Waals surface area (Å²) in [5.41, 5.74) is 0. The van der Waals surface area contributed by atoms with E-state index >= 15 is 0 Å². The highest BCUT2D eigenvalue weighted by Crippen LogP contribution is 2.27. The molecule has 1 aromatic carbocycles. The highest BCUT2D eigenvalue weighted by molar-refractivity contribution is 8.13. The highest BCUT2D eigenvalue weighted by Gasteiger charge is 2.11. The van der Waals surface area contributed by atoms with Crippen LogP contribution in [0.3, 0.4) is 0 Å². The molecular formula is C30H52Cl2N2O5S2. The third kappa shape index (κ3) is 23.9. The maximum Gasteiger partial charge on any atom is 0.303 e. The molecule has 0 bridgehead atoms. The van der Waals surface area contributed by atoms with Crippen molar-refractivity contribution in [1.82, 2.24) is 9.80 Å². The number of ether oxygens (including phenoxy) is 1. The van der Waals surface area contributed by atoms with Crippen molar-refractivity contribution in [1.29, 1.82) is 0 Å². The summed E-state index contributed by atoms with van der Waals surface area (Å²) < 4.78 is 5.29. The number of hydrogen-bond acceptors (Lipinski definition) is 6. The Bertz CT molecular complexity index is 790. The van der Waals surface area contributed by atoms with Crippen molar-refractivity contribution in [2.24, 2.45) is 0 Å². The second-order valence-electron chi connectivity index (χ2n) is 9.12. The van der Waals surface area contributed by atoms with Crippen molar-refractivity contribution in [2.45, 2.75) is 92.9 Å². The van der Waals surface area contributed by atoms with E-state index in [4.69, 9.17) is 33.0 Å². The van der Waals surface area contributed by atoms with Crippen molar-refractivity contribution in [2.75, 3.05) is 44.3 Å². The lowest BCUT2D eigenvalue weighted by molar-refractivity contribution is -0.137. The van der Waals surface area contributed by atoms with E-state index in [1.807, 2.05) is 9.80 Å². The number of carbonyl (C=O) groups is 3. The SMILES string of the molecule is CCCSC(=O)N(CCC)CCC.CCCSC(=O)N(CCC)CCC.O=C(O)CCCOc1ccc(Cl)cc1Cl. The van der Waals surface area contributed by atoms with Gasteiger partial charge in [-0.3, -0.25) is 14.4 Å². The second kappa shape index (κ2) is 28.8. The molecule has 0 aliphatic carbocycles. The minimum absolute atomic E-state index is 0.0885. The summed E-state index contributed by atoms with van der Waals surface area (Å²) in [6, 6.07) is 4.90. The quantitative estimate of drug-likeness (QED) is 0.167. The van der Waals surface area contributed by atoms with E-state index in [2.05, 4.69) is 41.5 Å². The second-order valence-corrected chi connectivity index (χ2v) is 12.1. The molecule has 0 saturated heterocycles. The summed E-state index contributed by atoms with van der Waals surface area (Å²) in [5.74, 6) is 1.58. The van der Waals surface area contributed by atoms with E-state index in [-0.39, 0.29) is 16.9 Å². The Morgan fingerprint density at radius 3 is 1.54 bits per heavy atom. The Kier molecular flexibility index (Phi) is 29.4. The third-order valence-corrected chi connectivity index (χ3v) is 7.80. The molecule has 0 saturated carbocycles. The van der Waals surface area contributed by atoms with Crippen LogP contribution in [-0.2, 0) is 4.79 Å². The molecule has 41 heavy (non-hydrogen) atoms. The first kappa shape index (κ1) is 41.8. The van der Waals surface area contributed by atoms with Gasteiger partial charge in [-0.1, -0.05) is 88.3 Å². The topological polar surface area (TPSA) is 87.2 Å². The van der Waals surface area contributed by atoms with Gasteiger partial charge in [0.1, 0.15) is 5.75 Å². The number of hydrogen-bond donors (Lipinski definition) is 1. The number of nitrogens with zero attached hydrogens (tertiary/aromatic N) is 2. The van der Waals surface area contributed by atoms with Crippen LogP contribution in [0.5, 0.6) is 5.75 Å². The van der Waals surface area contributed by atoms with E-state index in [0.717, 1.165) is 76.2 Å². The Morgan fingerprint density at radius 1 is 0.756 bits per heavy atom. The lowest BCUT2D eigenvalue weighted by Gasteiger charge is -2.20. The van der Waals surface area contributed by atoms with Crippen LogP contribution < -0.4 is 4.74 Å². The van der Waals surface area contributed by atoms with E-state index in [0.29, 0.717) is 28.8 Å². The molecule has 1 N–H and O–H groups in total. The van der Waals surface area contributed by atoms with Gasteiger partial charge in [0.05, 0.1) is 11.6 Å². The molecule has 0 aliphatic heterocycles. The number of amides is 2. The fourth-order valence-electron chi connectivity index (χ4n) is 3.23. The summed E-state index contributed by atoms with van der Waals surface area (Å²) >= 11 is 14.5. The van der Waals surface area contributed by atoms with E-state index in [1.165, 1.54) is 23.5 Å². The predicted octanol–water partition coefficient (Wildman–Crippen LogP) is 9.98. The number of halogens is 2. The van der Waals surface area contributed by atoms with Crippen LogP contribution in [-0.4, -0.2) is 75.6 Å². The van der Waals surface area contributed by atoms with E-state index < -0.39 is 5.97 Å².